The van der Waals surface area contributed by atoms with E-state index in [2.05, 4.69) is 22.5 Å². The second kappa shape index (κ2) is 4.71. The average Bonchev–Trinajstić information content (AvgIpc) is 2.74. The fraction of sp³-hybridized carbons (Fsp3) is 0.500. The van der Waals surface area contributed by atoms with Crippen molar-refractivity contribution in [3.05, 3.63) is 24.0 Å². The molecule has 2 heterocycles. The Bertz CT molecular complexity index is 414. The van der Waals surface area contributed by atoms with Gasteiger partial charge in [-0.2, -0.15) is 0 Å². The Morgan fingerprint density at radius 1 is 1.71 bits per heavy atom. The van der Waals surface area contributed by atoms with Gasteiger partial charge in [-0.3, -0.25) is 9.78 Å². The van der Waals surface area contributed by atoms with Crippen molar-refractivity contribution in [2.45, 2.75) is 13.3 Å². The van der Waals surface area contributed by atoms with Gasteiger partial charge in [-0.15, -0.1) is 0 Å². The van der Waals surface area contributed by atoms with E-state index < -0.39 is 0 Å². The van der Waals surface area contributed by atoms with Crippen LogP contribution in [0.1, 0.15) is 23.7 Å². The third kappa shape index (κ3) is 2.74. The van der Waals surface area contributed by atoms with Gasteiger partial charge in [-0.1, -0.05) is 6.92 Å². The third-order valence-corrected chi connectivity index (χ3v) is 3.18. The fourth-order valence-electron chi connectivity index (χ4n) is 1.99. The largest absolute Gasteiger partial charge is 0.505 e. The van der Waals surface area contributed by atoms with Crippen LogP contribution in [0, 0.1) is 5.41 Å². The first-order chi connectivity index (χ1) is 8.11. The highest BCUT2D eigenvalue weighted by Crippen LogP contribution is 2.23. The summed E-state index contributed by atoms with van der Waals surface area (Å²) in [6.45, 7) is 4.66. The molecular weight excluding hydrogens is 218 g/mol. The Hall–Kier alpha value is -1.62. The second-order valence-electron chi connectivity index (χ2n) is 4.81. The van der Waals surface area contributed by atoms with Crippen LogP contribution in [0.15, 0.2) is 18.5 Å². The molecule has 1 aromatic rings. The number of amides is 1. The Balaban J connectivity index is 1.96. The van der Waals surface area contributed by atoms with Crippen LogP contribution in [0.3, 0.4) is 0 Å². The molecule has 0 saturated carbocycles. The lowest BCUT2D eigenvalue weighted by molar-refractivity contribution is 0.0934. The van der Waals surface area contributed by atoms with Crippen LogP contribution in [0.25, 0.3) is 0 Å². The molecule has 5 heteroatoms. The van der Waals surface area contributed by atoms with Crippen LogP contribution >= 0.6 is 0 Å². The van der Waals surface area contributed by atoms with Crippen LogP contribution in [-0.4, -0.2) is 35.6 Å². The summed E-state index contributed by atoms with van der Waals surface area (Å²) in [6, 6.07) is 1.51. The van der Waals surface area contributed by atoms with Gasteiger partial charge in [-0.25, -0.2) is 0 Å². The van der Waals surface area contributed by atoms with E-state index in [4.69, 9.17) is 0 Å². The van der Waals surface area contributed by atoms with Crippen LogP contribution < -0.4 is 10.6 Å². The number of rotatable bonds is 3. The van der Waals surface area contributed by atoms with Crippen molar-refractivity contribution in [1.29, 1.82) is 0 Å². The van der Waals surface area contributed by atoms with Crippen molar-refractivity contribution in [2.24, 2.45) is 5.41 Å². The zero-order valence-corrected chi connectivity index (χ0v) is 9.86. The number of nitrogens with one attached hydrogen (secondary N) is 2. The van der Waals surface area contributed by atoms with Crippen LogP contribution in [0.2, 0.25) is 0 Å². The topological polar surface area (TPSA) is 74.2 Å². The highest BCUT2D eigenvalue weighted by molar-refractivity contribution is 5.96. The molecule has 1 aromatic heterocycles. The Morgan fingerprint density at radius 2 is 2.53 bits per heavy atom. The van der Waals surface area contributed by atoms with Gasteiger partial charge < -0.3 is 15.7 Å². The van der Waals surface area contributed by atoms with Crippen molar-refractivity contribution in [2.75, 3.05) is 19.6 Å². The summed E-state index contributed by atoms with van der Waals surface area (Å²) in [6.07, 6.45) is 3.82. The molecule has 1 unspecified atom stereocenters. The summed E-state index contributed by atoms with van der Waals surface area (Å²) in [5, 5.41) is 15.6. The van der Waals surface area contributed by atoms with E-state index in [1.165, 1.54) is 18.5 Å². The van der Waals surface area contributed by atoms with E-state index in [0.29, 0.717) is 6.54 Å². The average molecular weight is 235 g/mol. The molecule has 1 atom stereocenters. The molecule has 92 valence electrons. The minimum Gasteiger partial charge on any atom is -0.505 e. The fourth-order valence-corrected chi connectivity index (χ4v) is 1.99. The molecule has 1 aliphatic heterocycles. The molecule has 0 spiro atoms. The number of pyridine rings is 1. The first kappa shape index (κ1) is 11.9. The van der Waals surface area contributed by atoms with Gasteiger partial charge >= 0.3 is 0 Å². The lowest BCUT2D eigenvalue weighted by Crippen LogP contribution is -2.37. The quantitative estimate of drug-likeness (QED) is 0.714. The summed E-state index contributed by atoms with van der Waals surface area (Å²) < 4.78 is 0. The highest BCUT2D eigenvalue weighted by atomic mass is 16.3. The predicted octanol–water partition coefficient (Wildman–Crippen LogP) is 0.517. The van der Waals surface area contributed by atoms with Gasteiger partial charge in [0.15, 0.2) is 0 Å². The summed E-state index contributed by atoms with van der Waals surface area (Å²) in [5.41, 5.74) is 0.382. The molecule has 0 radical (unpaired) electrons. The summed E-state index contributed by atoms with van der Waals surface area (Å²) in [7, 11) is 0. The van der Waals surface area contributed by atoms with E-state index in [9.17, 15) is 9.90 Å². The van der Waals surface area contributed by atoms with Gasteiger partial charge in [0.2, 0.25) is 0 Å². The number of aromatic hydroxyl groups is 1. The van der Waals surface area contributed by atoms with Gasteiger partial charge in [0.25, 0.3) is 5.91 Å². The van der Waals surface area contributed by atoms with Crippen molar-refractivity contribution < 1.29 is 9.90 Å². The van der Waals surface area contributed by atoms with E-state index in [-0.39, 0.29) is 22.6 Å². The Labute approximate surface area is 100 Å². The number of nitrogens with zero attached hydrogens (tertiary/aromatic N) is 1. The number of hydrogen-bond acceptors (Lipinski definition) is 4. The van der Waals surface area contributed by atoms with Crippen LogP contribution in [0.5, 0.6) is 5.75 Å². The molecule has 5 nitrogen and oxygen atoms in total. The first-order valence-electron chi connectivity index (χ1n) is 5.73. The first-order valence-corrected chi connectivity index (χ1v) is 5.73. The molecule has 17 heavy (non-hydrogen) atoms. The van der Waals surface area contributed by atoms with Crippen molar-refractivity contribution in [3.8, 4) is 5.75 Å². The van der Waals surface area contributed by atoms with E-state index in [0.717, 1.165) is 19.5 Å². The maximum absolute atomic E-state index is 11.8. The van der Waals surface area contributed by atoms with Crippen molar-refractivity contribution >= 4 is 5.91 Å². The van der Waals surface area contributed by atoms with E-state index >= 15 is 0 Å². The monoisotopic (exact) mass is 235 g/mol. The van der Waals surface area contributed by atoms with Gasteiger partial charge in [0.1, 0.15) is 5.75 Å². The minimum absolute atomic E-state index is 0.0836. The van der Waals surface area contributed by atoms with Gasteiger partial charge in [-0.05, 0) is 24.4 Å². The number of carbonyl (C=O) groups is 1. The zero-order valence-electron chi connectivity index (χ0n) is 9.86. The van der Waals surface area contributed by atoms with Gasteiger partial charge in [0.05, 0.1) is 11.8 Å². The molecular formula is C12H17N3O2. The standard InChI is InChI=1S/C12H17N3O2/c1-12(3-5-14-7-12)8-15-11(17)9-2-4-13-6-10(9)16/h2,4,6,14,16H,3,5,7-8H2,1H3,(H,15,17). The molecule has 1 amide bonds. The van der Waals surface area contributed by atoms with Crippen molar-refractivity contribution in [3.63, 3.8) is 0 Å². The maximum Gasteiger partial charge on any atom is 0.255 e. The molecule has 0 bridgehead atoms. The molecule has 3 N–H and O–H groups in total. The zero-order chi connectivity index (χ0) is 12.3. The molecule has 0 aromatic carbocycles. The number of carbonyl (C=O) groups excluding carboxylic acids is 1. The van der Waals surface area contributed by atoms with Crippen molar-refractivity contribution in [1.82, 2.24) is 15.6 Å². The highest BCUT2D eigenvalue weighted by Gasteiger charge is 2.29. The second-order valence-corrected chi connectivity index (χ2v) is 4.81. The lowest BCUT2D eigenvalue weighted by Gasteiger charge is -2.22. The maximum atomic E-state index is 11.8. The van der Waals surface area contributed by atoms with E-state index in [1.807, 2.05) is 0 Å². The normalized spacial score (nSPS) is 23.6. The SMILES string of the molecule is CC1(CNC(=O)c2ccncc2O)CCNC1. The van der Waals surface area contributed by atoms with E-state index in [1.54, 1.807) is 0 Å². The molecule has 1 fully saturated rings. The summed E-state index contributed by atoms with van der Waals surface area (Å²) in [4.78, 5) is 15.6. The molecule has 1 aliphatic rings. The van der Waals surface area contributed by atoms with Crippen LogP contribution in [0.4, 0.5) is 0 Å². The Kier molecular flexibility index (Phi) is 3.28. The van der Waals surface area contributed by atoms with Gasteiger partial charge in [0, 0.05) is 19.3 Å². The Morgan fingerprint density at radius 3 is 3.18 bits per heavy atom. The predicted molar refractivity (Wildman–Crippen MR) is 63.8 cm³/mol. The number of hydrogen-bond donors (Lipinski definition) is 3. The molecule has 1 saturated heterocycles. The van der Waals surface area contributed by atoms with Crippen LogP contribution in [-0.2, 0) is 0 Å². The summed E-state index contributed by atoms with van der Waals surface area (Å²) >= 11 is 0. The minimum atomic E-state index is -0.252. The third-order valence-electron chi connectivity index (χ3n) is 3.18. The molecule has 2 rings (SSSR count). The smallest absolute Gasteiger partial charge is 0.255 e. The summed E-state index contributed by atoms with van der Waals surface area (Å²) in [5.74, 6) is -0.335. The number of aromatic nitrogens is 1. The molecule has 0 aliphatic carbocycles. The lowest BCUT2D eigenvalue weighted by atomic mass is 9.90.